The highest BCUT2D eigenvalue weighted by Gasteiger charge is 2.18. The van der Waals surface area contributed by atoms with Crippen LogP contribution in [0.4, 0.5) is 0 Å². The number of amides is 1. The number of nitrogens with one attached hydrogen (secondary N) is 1. The molecule has 0 radical (unpaired) electrons. The second kappa shape index (κ2) is 6.57. The van der Waals surface area contributed by atoms with Gasteiger partial charge < -0.3 is 15.0 Å². The standard InChI is InChI=1S/C15H22N2O2/c1-12(16-2)13-5-7-14(8-6-13)19-11-15(18)17-9-3-4-10-17/h5-8,12,16H,3-4,9-11H2,1-2H3. The molecule has 1 unspecified atom stereocenters. The fourth-order valence-electron chi connectivity index (χ4n) is 2.22. The van der Waals surface area contributed by atoms with E-state index in [9.17, 15) is 4.79 Å². The lowest BCUT2D eigenvalue weighted by molar-refractivity contribution is -0.132. The number of rotatable bonds is 5. The van der Waals surface area contributed by atoms with Gasteiger partial charge in [0.1, 0.15) is 5.75 Å². The van der Waals surface area contributed by atoms with Crippen molar-refractivity contribution in [3.05, 3.63) is 29.8 Å². The summed E-state index contributed by atoms with van der Waals surface area (Å²) in [5.41, 5.74) is 1.21. The van der Waals surface area contributed by atoms with Crippen molar-refractivity contribution in [3.63, 3.8) is 0 Å². The Bertz CT molecular complexity index is 411. The lowest BCUT2D eigenvalue weighted by Crippen LogP contribution is -2.32. The summed E-state index contributed by atoms with van der Waals surface area (Å²) in [5, 5.41) is 3.19. The SMILES string of the molecule is CNC(C)c1ccc(OCC(=O)N2CCCC2)cc1. The average molecular weight is 262 g/mol. The molecule has 2 rings (SSSR count). The van der Waals surface area contributed by atoms with Crippen LogP contribution >= 0.6 is 0 Å². The molecular weight excluding hydrogens is 240 g/mol. The summed E-state index contributed by atoms with van der Waals surface area (Å²) >= 11 is 0. The molecule has 1 aromatic carbocycles. The Kier molecular flexibility index (Phi) is 4.80. The Morgan fingerprint density at radius 2 is 1.95 bits per heavy atom. The molecule has 0 aliphatic carbocycles. The van der Waals surface area contributed by atoms with E-state index in [1.165, 1.54) is 5.56 Å². The molecule has 1 aliphatic heterocycles. The topological polar surface area (TPSA) is 41.6 Å². The summed E-state index contributed by atoms with van der Waals surface area (Å²) in [6, 6.07) is 8.20. The van der Waals surface area contributed by atoms with Crippen molar-refractivity contribution in [2.75, 3.05) is 26.7 Å². The zero-order valence-electron chi connectivity index (χ0n) is 11.7. The van der Waals surface area contributed by atoms with E-state index in [-0.39, 0.29) is 12.5 Å². The van der Waals surface area contributed by atoms with Crippen LogP contribution in [0.2, 0.25) is 0 Å². The fourth-order valence-corrected chi connectivity index (χ4v) is 2.22. The van der Waals surface area contributed by atoms with Crippen LogP contribution in [0.15, 0.2) is 24.3 Å². The molecule has 1 aromatic rings. The molecule has 0 spiro atoms. The third kappa shape index (κ3) is 3.70. The minimum absolute atomic E-state index is 0.0881. The van der Waals surface area contributed by atoms with Gasteiger partial charge >= 0.3 is 0 Å². The monoisotopic (exact) mass is 262 g/mol. The zero-order valence-corrected chi connectivity index (χ0v) is 11.7. The smallest absolute Gasteiger partial charge is 0.260 e. The van der Waals surface area contributed by atoms with Crippen LogP contribution in [0.3, 0.4) is 0 Å². The molecule has 104 valence electrons. The summed E-state index contributed by atoms with van der Waals surface area (Å²) in [5.74, 6) is 0.838. The Balaban J connectivity index is 1.84. The van der Waals surface area contributed by atoms with Crippen LogP contribution in [0.5, 0.6) is 5.75 Å². The van der Waals surface area contributed by atoms with Gasteiger partial charge in [0.05, 0.1) is 0 Å². The normalized spacial score (nSPS) is 16.4. The molecule has 4 heteroatoms. The van der Waals surface area contributed by atoms with Crippen LogP contribution < -0.4 is 10.1 Å². The Labute approximate surface area is 114 Å². The van der Waals surface area contributed by atoms with Gasteiger partial charge in [0, 0.05) is 19.1 Å². The summed E-state index contributed by atoms with van der Waals surface area (Å²) in [7, 11) is 1.93. The first-order valence-corrected chi connectivity index (χ1v) is 6.88. The molecular formula is C15H22N2O2. The number of carbonyl (C=O) groups excluding carboxylic acids is 1. The first-order valence-electron chi connectivity index (χ1n) is 6.88. The number of benzene rings is 1. The molecule has 0 bridgehead atoms. The largest absolute Gasteiger partial charge is 0.484 e. The molecule has 4 nitrogen and oxygen atoms in total. The minimum Gasteiger partial charge on any atom is -0.484 e. The van der Waals surface area contributed by atoms with Gasteiger partial charge in [-0.05, 0) is 44.5 Å². The summed E-state index contributed by atoms with van der Waals surface area (Å²) in [6.07, 6.45) is 2.23. The summed E-state index contributed by atoms with van der Waals surface area (Å²) in [4.78, 5) is 13.7. The van der Waals surface area contributed by atoms with Gasteiger partial charge in [0.2, 0.25) is 0 Å². The molecule has 1 aliphatic rings. The molecule has 0 aromatic heterocycles. The van der Waals surface area contributed by atoms with Gasteiger partial charge in [0.25, 0.3) is 5.91 Å². The van der Waals surface area contributed by atoms with Crippen LogP contribution in [0.25, 0.3) is 0 Å². The van der Waals surface area contributed by atoms with Crippen LogP contribution in [-0.2, 0) is 4.79 Å². The average Bonchev–Trinajstić information content (AvgIpc) is 2.98. The molecule has 1 atom stereocenters. The number of carbonyl (C=O) groups is 1. The van der Waals surface area contributed by atoms with Gasteiger partial charge in [-0.2, -0.15) is 0 Å². The van der Waals surface area contributed by atoms with Crippen molar-refractivity contribution >= 4 is 5.91 Å². The molecule has 1 N–H and O–H groups in total. The zero-order chi connectivity index (χ0) is 13.7. The van der Waals surface area contributed by atoms with E-state index in [2.05, 4.69) is 12.2 Å². The van der Waals surface area contributed by atoms with Crippen LogP contribution in [-0.4, -0.2) is 37.6 Å². The third-order valence-corrected chi connectivity index (χ3v) is 3.63. The molecule has 1 heterocycles. The highest BCUT2D eigenvalue weighted by molar-refractivity contribution is 5.78. The molecule has 19 heavy (non-hydrogen) atoms. The van der Waals surface area contributed by atoms with Crippen molar-refractivity contribution in [2.24, 2.45) is 0 Å². The highest BCUT2D eigenvalue weighted by Crippen LogP contribution is 2.17. The van der Waals surface area contributed by atoms with E-state index in [1.807, 2.05) is 36.2 Å². The van der Waals surface area contributed by atoms with Crippen molar-refractivity contribution in [1.29, 1.82) is 0 Å². The molecule has 1 amide bonds. The number of hydrogen-bond donors (Lipinski definition) is 1. The van der Waals surface area contributed by atoms with Gasteiger partial charge in [0.15, 0.2) is 6.61 Å². The quantitative estimate of drug-likeness (QED) is 0.882. The Morgan fingerprint density at radius 3 is 2.53 bits per heavy atom. The number of ether oxygens (including phenoxy) is 1. The van der Waals surface area contributed by atoms with Crippen LogP contribution in [0, 0.1) is 0 Å². The number of likely N-dealkylation sites (tertiary alicyclic amines) is 1. The van der Waals surface area contributed by atoms with Crippen LogP contribution in [0.1, 0.15) is 31.4 Å². The first kappa shape index (κ1) is 13.9. The maximum atomic E-state index is 11.8. The van der Waals surface area contributed by atoms with Gasteiger partial charge in [-0.25, -0.2) is 0 Å². The van der Waals surface area contributed by atoms with E-state index in [0.717, 1.165) is 31.7 Å². The third-order valence-electron chi connectivity index (χ3n) is 3.63. The molecule has 1 fully saturated rings. The lowest BCUT2D eigenvalue weighted by Gasteiger charge is -2.16. The maximum Gasteiger partial charge on any atom is 0.260 e. The number of nitrogens with zero attached hydrogens (tertiary/aromatic N) is 1. The second-order valence-electron chi connectivity index (χ2n) is 4.96. The number of hydrogen-bond acceptors (Lipinski definition) is 3. The van der Waals surface area contributed by atoms with Gasteiger partial charge in [-0.15, -0.1) is 0 Å². The van der Waals surface area contributed by atoms with Crippen molar-refractivity contribution in [2.45, 2.75) is 25.8 Å². The highest BCUT2D eigenvalue weighted by atomic mass is 16.5. The maximum absolute atomic E-state index is 11.8. The van der Waals surface area contributed by atoms with E-state index in [0.29, 0.717) is 6.04 Å². The Hall–Kier alpha value is -1.55. The summed E-state index contributed by atoms with van der Waals surface area (Å²) in [6.45, 7) is 4.00. The predicted molar refractivity (Wildman–Crippen MR) is 75.2 cm³/mol. The summed E-state index contributed by atoms with van der Waals surface area (Å²) < 4.78 is 5.54. The van der Waals surface area contributed by atoms with Crippen molar-refractivity contribution in [3.8, 4) is 5.75 Å². The first-order chi connectivity index (χ1) is 9.20. The molecule has 1 saturated heterocycles. The van der Waals surface area contributed by atoms with Crippen molar-refractivity contribution in [1.82, 2.24) is 10.2 Å². The van der Waals surface area contributed by atoms with Gasteiger partial charge in [-0.3, -0.25) is 4.79 Å². The van der Waals surface area contributed by atoms with E-state index in [4.69, 9.17) is 4.74 Å². The van der Waals surface area contributed by atoms with E-state index in [1.54, 1.807) is 0 Å². The van der Waals surface area contributed by atoms with Gasteiger partial charge in [-0.1, -0.05) is 12.1 Å². The minimum atomic E-state index is 0.0881. The molecule has 0 saturated carbocycles. The fraction of sp³-hybridized carbons (Fsp3) is 0.533. The van der Waals surface area contributed by atoms with E-state index >= 15 is 0 Å². The second-order valence-corrected chi connectivity index (χ2v) is 4.96. The lowest BCUT2D eigenvalue weighted by atomic mass is 10.1. The predicted octanol–water partition coefficient (Wildman–Crippen LogP) is 1.97. The van der Waals surface area contributed by atoms with Crippen molar-refractivity contribution < 1.29 is 9.53 Å². The Morgan fingerprint density at radius 1 is 1.32 bits per heavy atom. The van der Waals surface area contributed by atoms with E-state index < -0.39 is 0 Å².